The zero-order chi connectivity index (χ0) is 17.0. The average Bonchev–Trinajstić information content (AvgIpc) is 2.53. The molecule has 1 aliphatic rings. The maximum Gasteiger partial charge on any atom is 0.335 e. The molecule has 0 heterocycles. The van der Waals surface area contributed by atoms with Gasteiger partial charge in [0.2, 0.25) is 0 Å². The fourth-order valence-electron chi connectivity index (χ4n) is 3.60. The number of fused-ring (bicyclic) bond motifs is 1. The normalized spacial score (nSPS) is 21.7. The molecular weight excluding hydrogens is 288 g/mol. The number of rotatable bonds is 3. The molecule has 0 amide bonds. The van der Waals surface area contributed by atoms with E-state index < -0.39 is 17.0 Å². The quantitative estimate of drug-likeness (QED) is 0.899. The van der Waals surface area contributed by atoms with Crippen LogP contribution in [0.4, 0.5) is 0 Å². The first-order valence-corrected chi connectivity index (χ1v) is 7.90. The Morgan fingerprint density at radius 2 is 1.61 bits per heavy atom. The van der Waals surface area contributed by atoms with Gasteiger partial charge in [0.1, 0.15) is 5.60 Å². The summed E-state index contributed by atoms with van der Waals surface area (Å²) < 4.78 is 0. The van der Waals surface area contributed by atoms with Crippen LogP contribution in [0.5, 0.6) is 0 Å². The molecule has 0 unspecified atom stereocenters. The molecule has 2 aromatic carbocycles. The van der Waals surface area contributed by atoms with Crippen LogP contribution >= 0.6 is 0 Å². The van der Waals surface area contributed by atoms with Gasteiger partial charge in [-0.3, -0.25) is 0 Å². The van der Waals surface area contributed by atoms with Crippen LogP contribution in [0.15, 0.2) is 42.5 Å². The second-order valence-corrected chi connectivity index (χ2v) is 7.18. The smallest absolute Gasteiger partial charge is 0.335 e. The Balaban J connectivity index is 2.13. The molecule has 3 nitrogen and oxygen atoms in total. The zero-order valence-electron chi connectivity index (χ0n) is 13.9. The Hall–Kier alpha value is -2.13. The van der Waals surface area contributed by atoms with Crippen LogP contribution < -0.4 is 0 Å². The van der Waals surface area contributed by atoms with E-state index in [0.717, 1.165) is 16.7 Å². The highest BCUT2D eigenvalue weighted by Gasteiger charge is 2.57. The standard InChI is InChI=1S/C20H22O3/c1-12(2)14-7-10-16-17(11-14)20(23,19(16,3)4)15-8-5-13(6-9-15)18(21)22/h5-12,23H,1-4H3,(H,21,22)/t20-/m1/s1. The fourth-order valence-corrected chi connectivity index (χ4v) is 3.60. The molecule has 0 bridgehead atoms. The molecule has 0 radical (unpaired) electrons. The third-order valence-corrected chi connectivity index (χ3v) is 5.23. The Morgan fingerprint density at radius 1 is 1.00 bits per heavy atom. The molecule has 0 aliphatic heterocycles. The summed E-state index contributed by atoms with van der Waals surface area (Å²) in [6, 6.07) is 12.8. The van der Waals surface area contributed by atoms with Gasteiger partial charge in [-0.15, -0.1) is 0 Å². The van der Waals surface area contributed by atoms with Crippen LogP contribution in [-0.2, 0) is 11.0 Å². The fraction of sp³-hybridized carbons (Fsp3) is 0.350. The van der Waals surface area contributed by atoms with Gasteiger partial charge in [0.15, 0.2) is 0 Å². The van der Waals surface area contributed by atoms with Crippen LogP contribution in [0.25, 0.3) is 0 Å². The number of hydrogen-bond donors (Lipinski definition) is 2. The molecule has 1 aliphatic carbocycles. The van der Waals surface area contributed by atoms with E-state index in [-0.39, 0.29) is 5.56 Å². The Bertz CT molecular complexity index is 772. The summed E-state index contributed by atoms with van der Waals surface area (Å²) in [4.78, 5) is 11.0. The predicted molar refractivity (Wildman–Crippen MR) is 90.0 cm³/mol. The highest BCUT2D eigenvalue weighted by Crippen LogP contribution is 2.58. The lowest BCUT2D eigenvalue weighted by atomic mass is 9.52. The molecule has 2 aromatic rings. The summed E-state index contributed by atoms with van der Waals surface area (Å²) in [5, 5.41) is 20.5. The lowest BCUT2D eigenvalue weighted by Crippen LogP contribution is -2.55. The summed E-state index contributed by atoms with van der Waals surface area (Å²) in [6.45, 7) is 8.31. The number of benzene rings is 2. The highest BCUT2D eigenvalue weighted by atomic mass is 16.4. The largest absolute Gasteiger partial charge is 0.478 e. The topological polar surface area (TPSA) is 57.5 Å². The van der Waals surface area contributed by atoms with Crippen molar-refractivity contribution < 1.29 is 15.0 Å². The SMILES string of the molecule is CC(C)c1ccc2c(c1)[C@](O)(c1ccc(C(=O)O)cc1)C2(C)C. The van der Waals surface area contributed by atoms with Gasteiger partial charge in [0.05, 0.1) is 5.56 Å². The lowest BCUT2D eigenvalue weighted by Gasteiger charge is -2.54. The van der Waals surface area contributed by atoms with E-state index in [9.17, 15) is 9.90 Å². The van der Waals surface area contributed by atoms with Gasteiger partial charge in [-0.2, -0.15) is 0 Å². The van der Waals surface area contributed by atoms with E-state index in [4.69, 9.17) is 5.11 Å². The van der Waals surface area contributed by atoms with Gasteiger partial charge >= 0.3 is 5.97 Å². The minimum absolute atomic E-state index is 0.227. The minimum atomic E-state index is -1.09. The van der Waals surface area contributed by atoms with E-state index in [0.29, 0.717) is 5.92 Å². The van der Waals surface area contributed by atoms with Gasteiger partial charge in [-0.05, 0) is 40.3 Å². The van der Waals surface area contributed by atoms with Gasteiger partial charge in [0, 0.05) is 5.41 Å². The summed E-state index contributed by atoms with van der Waals surface area (Å²) in [5.41, 5.74) is 2.72. The Kier molecular flexibility index (Phi) is 3.38. The van der Waals surface area contributed by atoms with E-state index >= 15 is 0 Å². The molecular formula is C20H22O3. The average molecular weight is 310 g/mol. The molecule has 2 N–H and O–H groups in total. The maximum atomic E-state index is 11.4. The molecule has 3 rings (SSSR count). The minimum Gasteiger partial charge on any atom is -0.478 e. The molecule has 0 spiro atoms. The van der Waals surface area contributed by atoms with Crippen molar-refractivity contribution in [2.45, 2.75) is 44.6 Å². The van der Waals surface area contributed by atoms with Gasteiger partial charge < -0.3 is 10.2 Å². The van der Waals surface area contributed by atoms with Crippen molar-refractivity contribution in [2.24, 2.45) is 0 Å². The number of aliphatic hydroxyl groups is 1. The highest BCUT2D eigenvalue weighted by molar-refractivity contribution is 5.87. The van der Waals surface area contributed by atoms with Crippen molar-refractivity contribution in [3.8, 4) is 0 Å². The molecule has 3 heteroatoms. The van der Waals surface area contributed by atoms with Crippen LogP contribution in [-0.4, -0.2) is 16.2 Å². The Morgan fingerprint density at radius 3 is 2.13 bits per heavy atom. The second kappa shape index (κ2) is 4.93. The van der Waals surface area contributed by atoms with Gasteiger partial charge in [-0.25, -0.2) is 4.79 Å². The number of aromatic carboxylic acids is 1. The molecule has 0 fully saturated rings. The molecule has 0 aromatic heterocycles. The predicted octanol–water partition coefficient (Wildman–Crippen LogP) is 4.04. The van der Waals surface area contributed by atoms with Crippen LogP contribution in [0, 0.1) is 0 Å². The van der Waals surface area contributed by atoms with Crippen LogP contribution in [0.1, 0.15) is 66.2 Å². The first kappa shape index (κ1) is 15.8. The zero-order valence-corrected chi connectivity index (χ0v) is 13.9. The number of hydrogen-bond acceptors (Lipinski definition) is 2. The van der Waals surface area contributed by atoms with Gasteiger partial charge in [0.25, 0.3) is 0 Å². The van der Waals surface area contributed by atoms with Crippen molar-refractivity contribution in [1.29, 1.82) is 0 Å². The third-order valence-electron chi connectivity index (χ3n) is 5.23. The van der Waals surface area contributed by atoms with Crippen molar-refractivity contribution >= 4 is 5.97 Å². The van der Waals surface area contributed by atoms with E-state index in [1.165, 1.54) is 5.56 Å². The number of carboxylic acids is 1. The van der Waals surface area contributed by atoms with Crippen LogP contribution in [0.3, 0.4) is 0 Å². The number of carbonyl (C=O) groups is 1. The van der Waals surface area contributed by atoms with Gasteiger partial charge in [-0.1, -0.05) is 58.0 Å². The summed E-state index contributed by atoms with van der Waals surface area (Å²) in [6.07, 6.45) is 0. The summed E-state index contributed by atoms with van der Waals surface area (Å²) >= 11 is 0. The summed E-state index contributed by atoms with van der Waals surface area (Å²) in [7, 11) is 0. The lowest BCUT2D eigenvalue weighted by molar-refractivity contribution is -0.0242. The van der Waals surface area contributed by atoms with E-state index in [1.807, 2.05) is 13.8 Å². The van der Waals surface area contributed by atoms with Crippen molar-refractivity contribution in [3.63, 3.8) is 0 Å². The van der Waals surface area contributed by atoms with E-state index in [1.54, 1.807) is 24.3 Å². The van der Waals surface area contributed by atoms with Crippen molar-refractivity contribution in [3.05, 3.63) is 70.3 Å². The van der Waals surface area contributed by atoms with E-state index in [2.05, 4.69) is 32.0 Å². The monoisotopic (exact) mass is 310 g/mol. The van der Waals surface area contributed by atoms with Crippen LogP contribution in [0.2, 0.25) is 0 Å². The number of carboxylic acid groups (broad SMARTS) is 1. The molecule has 0 saturated heterocycles. The second-order valence-electron chi connectivity index (χ2n) is 7.18. The molecule has 0 saturated carbocycles. The van der Waals surface area contributed by atoms with Crippen molar-refractivity contribution in [2.75, 3.05) is 0 Å². The first-order valence-electron chi connectivity index (χ1n) is 7.90. The maximum absolute atomic E-state index is 11.4. The first-order chi connectivity index (χ1) is 10.7. The molecule has 120 valence electrons. The Labute approximate surface area is 136 Å². The summed E-state index contributed by atoms with van der Waals surface area (Å²) in [5.74, 6) is -0.568. The van der Waals surface area contributed by atoms with Crippen molar-refractivity contribution in [1.82, 2.24) is 0 Å². The third kappa shape index (κ3) is 2.03. The molecule has 23 heavy (non-hydrogen) atoms. The molecule has 1 atom stereocenters.